The molecule has 1 nitrogen and oxygen atoms in total. The molecule has 1 atom stereocenters. The molecular weight excluding hydrogens is 400 g/mol. The van der Waals surface area contributed by atoms with Gasteiger partial charge in [0.25, 0.3) is 0 Å². The predicted octanol–water partition coefficient (Wildman–Crippen LogP) is 8.76. The summed E-state index contributed by atoms with van der Waals surface area (Å²) in [5.74, 6) is 1.29. The Hall–Kier alpha value is -4.10. The third kappa shape index (κ3) is 2.79. The van der Waals surface area contributed by atoms with Crippen LogP contribution in [0.3, 0.4) is 0 Å². The number of hydrogen-bond acceptors (Lipinski definition) is 1. The summed E-state index contributed by atoms with van der Waals surface area (Å²) in [4.78, 5) is 0. The van der Waals surface area contributed by atoms with Crippen molar-refractivity contribution in [1.29, 1.82) is 0 Å². The summed E-state index contributed by atoms with van der Waals surface area (Å²) in [6.07, 6.45) is 5.46. The molecule has 1 heterocycles. The Kier molecular flexibility index (Phi) is 4.04. The molecule has 1 unspecified atom stereocenters. The van der Waals surface area contributed by atoms with Gasteiger partial charge in [-0.25, -0.2) is 0 Å². The minimum absolute atomic E-state index is 0.290. The first-order valence-electron chi connectivity index (χ1n) is 11.6. The van der Waals surface area contributed by atoms with Crippen LogP contribution in [0.1, 0.15) is 22.8 Å². The molecule has 1 aliphatic rings. The SMILES string of the molecule is C1=CC(c2c3ccccc3c(-c3ccccc3)c3ccccc23)Cc2c1oc1ccccc21. The van der Waals surface area contributed by atoms with Gasteiger partial charge in [-0.1, -0.05) is 103 Å². The Labute approximate surface area is 192 Å². The van der Waals surface area contributed by atoms with Gasteiger partial charge in [0.2, 0.25) is 0 Å². The van der Waals surface area contributed by atoms with Crippen molar-refractivity contribution in [3.63, 3.8) is 0 Å². The largest absolute Gasteiger partial charge is 0.456 e. The number of allylic oxidation sites excluding steroid dienone is 1. The van der Waals surface area contributed by atoms with Gasteiger partial charge in [-0.05, 0) is 56.8 Å². The highest BCUT2D eigenvalue weighted by atomic mass is 16.3. The van der Waals surface area contributed by atoms with Crippen LogP contribution in [0.4, 0.5) is 0 Å². The number of hydrogen-bond donors (Lipinski definition) is 0. The van der Waals surface area contributed by atoms with Crippen LogP contribution in [0.25, 0.3) is 49.7 Å². The van der Waals surface area contributed by atoms with Crippen molar-refractivity contribution in [2.45, 2.75) is 12.3 Å². The van der Waals surface area contributed by atoms with E-state index < -0.39 is 0 Å². The van der Waals surface area contributed by atoms with Crippen molar-refractivity contribution < 1.29 is 4.42 Å². The summed E-state index contributed by atoms with van der Waals surface area (Å²) in [7, 11) is 0. The molecule has 0 fully saturated rings. The van der Waals surface area contributed by atoms with Crippen LogP contribution >= 0.6 is 0 Å². The van der Waals surface area contributed by atoms with Crippen LogP contribution in [0, 0.1) is 0 Å². The molecule has 1 aliphatic carbocycles. The summed E-state index contributed by atoms with van der Waals surface area (Å²) in [5.41, 5.74) is 6.28. The number of furan rings is 1. The predicted molar refractivity (Wildman–Crippen MR) is 139 cm³/mol. The van der Waals surface area contributed by atoms with E-state index in [-0.39, 0.29) is 5.92 Å². The molecule has 7 rings (SSSR count). The van der Waals surface area contributed by atoms with E-state index >= 15 is 0 Å². The van der Waals surface area contributed by atoms with Gasteiger partial charge in [-0.3, -0.25) is 0 Å². The molecule has 156 valence electrons. The maximum Gasteiger partial charge on any atom is 0.135 e. The summed E-state index contributed by atoms with van der Waals surface area (Å²) >= 11 is 0. The monoisotopic (exact) mass is 422 g/mol. The smallest absolute Gasteiger partial charge is 0.135 e. The second-order valence-electron chi connectivity index (χ2n) is 8.86. The fraction of sp³-hybridized carbons (Fsp3) is 0.0625. The van der Waals surface area contributed by atoms with Crippen molar-refractivity contribution in [1.82, 2.24) is 0 Å². The number of rotatable bonds is 2. The van der Waals surface area contributed by atoms with E-state index in [0.29, 0.717) is 0 Å². The lowest BCUT2D eigenvalue weighted by Gasteiger charge is -2.23. The Morgan fingerprint density at radius 2 is 1.15 bits per heavy atom. The fourth-order valence-electron chi connectivity index (χ4n) is 5.63. The molecule has 5 aromatic carbocycles. The van der Waals surface area contributed by atoms with Crippen LogP contribution in [-0.4, -0.2) is 0 Å². The molecule has 0 saturated carbocycles. The molecule has 33 heavy (non-hydrogen) atoms. The highest BCUT2D eigenvalue weighted by Crippen LogP contribution is 2.45. The van der Waals surface area contributed by atoms with Gasteiger partial charge in [0.1, 0.15) is 11.3 Å². The maximum absolute atomic E-state index is 6.14. The quantitative estimate of drug-likeness (QED) is 0.254. The van der Waals surface area contributed by atoms with E-state index in [2.05, 4.69) is 109 Å². The summed E-state index contributed by atoms with van der Waals surface area (Å²) in [6.45, 7) is 0. The number of fused-ring (bicyclic) bond motifs is 5. The molecule has 6 aromatic rings. The van der Waals surface area contributed by atoms with Crippen molar-refractivity contribution >= 4 is 38.6 Å². The summed E-state index contributed by atoms with van der Waals surface area (Å²) in [5, 5.41) is 6.53. The zero-order valence-electron chi connectivity index (χ0n) is 18.2. The zero-order valence-corrected chi connectivity index (χ0v) is 18.2. The normalized spacial score (nSPS) is 15.3. The van der Waals surface area contributed by atoms with Gasteiger partial charge in [0.15, 0.2) is 0 Å². The third-order valence-corrected chi connectivity index (χ3v) is 7.04. The first kappa shape index (κ1) is 18.5. The second kappa shape index (κ2) is 7.21. The van der Waals surface area contributed by atoms with E-state index in [4.69, 9.17) is 4.42 Å². The van der Waals surface area contributed by atoms with Crippen molar-refractivity contribution in [3.8, 4) is 11.1 Å². The van der Waals surface area contributed by atoms with E-state index in [9.17, 15) is 0 Å². The summed E-state index contributed by atoms with van der Waals surface area (Å²) < 4.78 is 6.14. The van der Waals surface area contributed by atoms with Gasteiger partial charge in [0, 0.05) is 16.9 Å². The van der Waals surface area contributed by atoms with Crippen molar-refractivity contribution in [2.75, 3.05) is 0 Å². The number of para-hydroxylation sites is 1. The number of benzene rings is 5. The highest BCUT2D eigenvalue weighted by Gasteiger charge is 2.25. The molecule has 1 heteroatoms. The fourth-order valence-corrected chi connectivity index (χ4v) is 5.63. The Morgan fingerprint density at radius 1 is 0.576 bits per heavy atom. The lowest BCUT2D eigenvalue weighted by Crippen LogP contribution is -2.06. The summed E-state index contributed by atoms with van der Waals surface area (Å²) in [6, 6.07) is 37.0. The minimum atomic E-state index is 0.290. The molecule has 0 radical (unpaired) electrons. The van der Waals surface area contributed by atoms with Gasteiger partial charge in [-0.15, -0.1) is 0 Å². The van der Waals surface area contributed by atoms with Crippen LogP contribution in [0.2, 0.25) is 0 Å². The Morgan fingerprint density at radius 3 is 1.85 bits per heavy atom. The highest BCUT2D eigenvalue weighted by molar-refractivity contribution is 6.15. The van der Waals surface area contributed by atoms with Crippen LogP contribution in [0.5, 0.6) is 0 Å². The molecule has 0 aliphatic heterocycles. The zero-order chi connectivity index (χ0) is 21.8. The molecule has 0 saturated heterocycles. The molecule has 0 spiro atoms. The average Bonchev–Trinajstić information content (AvgIpc) is 3.25. The first-order valence-corrected chi connectivity index (χ1v) is 11.6. The molecule has 1 aromatic heterocycles. The molecule has 0 amide bonds. The van der Waals surface area contributed by atoms with Gasteiger partial charge >= 0.3 is 0 Å². The van der Waals surface area contributed by atoms with E-state index in [1.807, 2.05) is 6.07 Å². The standard InChI is InChI=1S/C32H22O/c1-2-10-21(11-3-1)31-24-13-4-6-15-26(24)32(27-16-7-5-14-25(27)31)22-18-19-30-28(20-22)23-12-8-9-17-29(23)33-30/h1-19,22H,20H2. The van der Waals surface area contributed by atoms with E-state index in [1.54, 1.807) is 0 Å². The lowest BCUT2D eigenvalue weighted by molar-refractivity contribution is 0.592. The lowest BCUT2D eigenvalue weighted by atomic mass is 9.79. The Bertz CT molecular complexity index is 1630. The third-order valence-electron chi connectivity index (χ3n) is 7.04. The maximum atomic E-state index is 6.14. The van der Waals surface area contributed by atoms with Gasteiger partial charge in [-0.2, -0.15) is 0 Å². The Balaban J connectivity index is 1.52. The first-order chi connectivity index (χ1) is 16.4. The van der Waals surface area contributed by atoms with Crippen LogP contribution < -0.4 is 0 Å². The molecule has 0 N–H and O–H groups in total. The molecule has 0 bridgehead atoms. The van der Waals surface area contributed by atoms with Gasteiger partial charge < -0.3 is 4.42 Å². The van der Waals surface area contributed by atoms with E-state index in [0.717, 1.165) is 17.8 Å². The van der Waals surface area contributed by atoms with Gasteiger partial charge in [0.05, 0.1) is 0 Å². The van der Waals surface area contributed by atoms with E-state index in [1.165, 1.54) is 49.2 Å². The second-order valence-corrected chi connectivity index (χ2v) is 8.86. The van der Waals surface area contributed by atoms with Crippen LogP contribution in [-0.2, 0) is 6.42 Å². The minimum Gasteiger partial charge on any atom is -0.456 e. The van der Waals surface area contributed by atoms with Crippen LogP contribution in [0.15, 0.2) is 114 Å². The van der Waals surface area contributed by atoms with Crippen molar-refractivity contribution in [2.24, 2.45) is 0 Å². The molecular formula is C32H22O. The average molecular weight is 423 g/mol. The topological polar surface area (TPSA) is 13.1 Å². The van der Waals surface area contributed by atoms with Crippen molar-refractivity contribution in [3.05, 3.63) is 126 Å².